The van der Waals surface area contributed by atoms with Gasteiger partial charge in [-0.3, -0.25) is 4.79 Å². The first-order valence-corrected chi connectivity index (χ1v) is 14.9. The summed E-state index contributed by atoms with van der Waals surface area (Å²) in [4.78, 5) is 14.8. The third-order valence-electron chi connectivity index (χ3n) is 6.34. The monoisotopic (exact) mass is 581 g/mol. The Labute approximate surface area is 229 Å². The number of halogens is 2. The van der Waals surface area contributed by atoms with E-state index in [2.05, 4.69) is 25.7 Å². The molecule has 3 aromatic rings. The molecule has 1 aliphatic carbocycles. The Morgan fingerprint density at radius 3 is 2.51 bits per heavy atom. The van der Waals surface area contributed by atoms with Crippen molar-refractivity contribution in [2.45, 2.75) is 28.8 Å². The first-order chi connectivity index (χ1) is 17.7. The zero-order valence-electron chi connectivity index (χ0n) is 20.0. The van der Waals surface area contributed by atoms with Gasteiger partial charge in [0.15, 0.2) is 0 Å². The Kier molecular flexibility index (Phi) is 7.75. The van der Waals surface area contributed by atoms with Gasteiger partial charge in [-0.2, -0.15) is 8.99 Å². The number of rotatable bonds is 8. The molecular weight excluding hydrogens is 557 g/mol. The molecule has 2 aromatic carbocycles. The average molecular weight is 583 g/mol. The van der Waals surface area contributed by atoms with Crippen LogP contribution in [0.25, 0.3) is 5.69 Å². The Bertz CT molecular complexity index is 1420. The standard InChI is InChI=1S/C23H25Cl2N7O3S2/c1-30-8-10-31(11-9-30)37(34,35)17-5-6-20(18(24)13-17)26-22(33)14-36-23-27-28-29-32(23)21-7-4-16(12-19(21)25)15-2-3-15/h4-7,12-13,15H,2-3,8-11,14H2,1H3,(H,26,33). The molecule has 2 heterocycles. The average Bonchev–Trinajstić information content (AvgIpc) is 3.62. The fourth-order valence-electron chi connectivity index (χ4n) is 4.04. The van der Waals surface area contributed by atoms with Crippen LogP contribution in [0.4, 0.5) is 5.69 Å². The van der Waals surface area contributed by atoms with Crippen molar-refractivity contribution in [1.29, 1.82) is 0 Å². The molecule has 10 nitrogen and oxygen atoms in total. The van der Waals surface area contributed by atoms with Crippen molar-refractivity contribution in [3.8, 4) is 5.69 Å². The fourth-order valence-corrected chi connectivity index (χ4v) is 6.73. The maximum Gasteiger partial charge on any atom is 0.243 e. The normalized spacial score (nSPS) is 17.2. The van der Waals surface area contributed by atoms with E-state index in [4.69, 9.17) is 23.2 Å². The number of sulfonamides is 1. The number of hydrogen-bond acceptors (Lipinski definition) is 8. The van der Waals surface area contributed by atoms with Crippen LogP contribution >= 0.6 is 35.0 Å². The molecule has 1 aliphatic heterocycles. The van der Waals surface area contributed by atoms with Gasteiger partial charge >= 0.3 is 0 Å². The second kappa shape index (κ2) is 10.9. The molecule has 0 unspecified atom stereocenters. The number of tetrazole rings is 1. The predicted molar refractivity (Wildman–Crippen MR) is 143 cm³/mol. The number of piperazine rings is 1. The third-order valence-corrected chi connectivity index (χ3v) is 9.77. The zero-order valence-corrected chi connectivity index (χ0v) is 23.1. The predicted octanol–water partition coefficient (Wildman–Crippen LogP) is 3.51. The highest BCUT2D eigenvalue weighted by molar-refractivity contribution is 7.99. The summed E-state index contributed by atoms with van der Waals surface area (Å²) in [5.41, 5.74) is 2.16. The molecule has 0 bridgehead atoms. The van der Waals surface area contributed by atoms with Gasteiger partial charge in [-0.25, -0.2) is 8.42 Å². The molecule has 0 atom stereocenters. The van der Waals surface area contributed by atoms with Crippen molar-refractivity contribution in [3.63, 3.8) is 0 Å². The summed E-state index contributed by atoms with van der Waals surface area (Å²) in [6.07, 6.45) is 2.35. The summed E-state index contributed by atoms with van der Waals surface area (Å²) in [5, 5.41) is 15.6. The van der Waals surface area contributed by atoms with Crippen LogP contribution in [0, 0.1) is 0 Å². The number of thioether (sulfide) groups is 1. The molecule has 1 amide bonds. The molecule has 2 fully saturated rings. The van der Waals surface area contributed by atoms with Gasteiger partial charge in [0.05, 0.1) is 32.1 Å². The number of benzene rings is 2. The van der Waals surface area contributed by atoms with Gasteiger partial charge in [0, 0.05) is 26.2 Å². The smallest absolute Gasteiger partial charge is 0.243 e. The van der Waals surface area contributed by atoms with Crippen LogP contribution in [0.15, 0.2) is 46.5 Å². The Balaban J connectivity index is 1.22. The molecule has 1 aromatic heterocycles. The van der Waals surface area contributed by atoms with Gasteiger partial charge in [-0.05, 0) is 72.1 Å². The molecule has 1 saturated heterocycles. The molecule has 0 spiro atoms. The van der Waals surface area contributed by atoms with Gasteiger partial charge < -0.3 is 10.2 Å². The summed E-state index contributed by atoms with van der Waals surface area (Å²) >= 11 is 14.0. The fraction of sp³-hybridized carbons (Fsp3) is 0.391. The molecule has 0 radical (unpaired) electrons. The van der Waals surface area contributed by atoms with E-state index in [1.165, 1.54) is 45.6 Å². The number of aromatic nitrogens is 4. The summed E-state index contributed by atoms with van der Waals surface area (Å²) in [7, 11) is -1.71. The molecular formula is C23H25Cl2N7O3S2. The summed E-state index contributed by atoms with van der Waals surface area (Å²) < 4.78 is 28.9. The first kappa shape index (κ1) is 26.4. The van der Waals surface area contributed by atoms with Gasteiger partial charge in [0.1, 0.15) is 0 Å². The SMILES string of the molecule is CN1CCN(S(=O)(=O)c2ccc(NC(=O)CSc3nnnn3-c3ccc(C4CC4)cc3Cl)c(Cl)c2)CC1. The minimum atomic E-state index is -3.66. The molecule has 196 valence electrons. The highest BCUT2D eigenvalue weighted by atomic mass is 35.5. The van der Waals surface area contributed by atoms with Gasteiger partial charge in [-0.15, -0.1) is 5.10 Å². The number of carbonyl (C=O) groups excluding carboxylic acids is 1. The molecule has 1 N–H and O–H groups in total. The molecule has 14 heteroatoms. The van der Waals surface area contributed by atoms with Crippen molar-refractivity contribution in [1.82, 2.24) is 29.4 Å². The minimum Gasteiger partial charge on any atom is -0.324 e. The van der Waals surface area contributed by atoms with Crippen molar-refractivity contribution in [2.75, 3.05) is 44.3 Å². The first-order valence-electron chi connectivity index (χ1n) is 11.7. The van der Waals surface area contributed by atoms with Crippen LogP contribution in [0.3, 0.4) is 0 Å². The lowest BCUT2D eigenvalue weighted by atomic mass is 10.1. The van der Waals surface area contributed by atoms with E-state index in [1.54, 1.807) is 0 Å². The highest BCUT2D eigenvalue weighted by Gasteiger charge is 2.28. The summed E-state index contributed by atoms with van der Waals surface area (Å²) in [6, 6.07) is 10.2. The third kappa shape index (κ3) is 5.94. The lowest BCUT2D eigenvalue weighted by Gasteiger charge is -2.31. The second-order valence-corrected chi connectivity index (χ2v) is 12.7. The van der Waals surface area contributed by atoms with E-state index in [1.807, 2.05) is 25.2 Å². The van der Waals surface area contributed by atoms with Crippen LogP contribution < -0.4 is 5.32 Å². The van der Waals surface area contributed by atoms with Crippen molar-refractivity contribution in [2.24, 2.45) is 0 Å². The topological polar surface area (TPSA) is 113 Å². The number of nitrogens with one attached hydrogen (secondary N) is 1. The summed E-state index contributed by atoms with van der Waals surface area (Å²) in [6.45, 7) is 2.17. The molecule has 1 saturated carbocycles. The van der Waals surface area contributed by atoms with Crippen LogP contribution in [0.1, 0.15) is 24.3 Å². The van der Waals surface area contributed by atoms with E-state index in [0.717, 1.165) is 11.8 Å². The Hall–Kier alpha value is -2.22. The summed E-state index contributed by atoms with van der Waals surface area (Å²) in [5.74, 6) is 0.243. The van der Waals surface area contributed by atoms with E-state index in [9.17, 15) is 13.2 Å². The number of carbonyl (C=O) groups is 1. The van der Waals surface area contributed by atoms with Gasteiger partial charge in [-0.1, -0.05) is 41.0 Å². The molecule has 5 rings (SSSR count). The lowest BCUT2D eigenvalue weighted by molar-refractivity contribution is -0.113. The highest BCUT2D eigenvalue weighted by Crippen LogP contribution is 2.41. The van der Waals surface area contributed by atoms with E-state index in [0.29, 0.717) is 53.7 Å². The zero-order chi connectivity index (χ0) is 26.2. The number of likely N-dealkylation sites (N-methyl/N-ethyl adjacent to an activating group) is 1. The Morgan fingerprint density at radius 2 is 1.84 bits per heavy atom. The maximum absolute atomic E-state index is 13.0. The van der Waals surface area contributed by atoms with Gasteiger partial charge in [0.25, 0.3) is 0 Å². The number of hydrogen-bond donors (Lipinski definition) is 1. The number of nitrogens with zero attached hydrogens (tertiary/aromatic N) is 6. The quantitative estimate of drug-likeness (QED) is 0.402. The minimum absolute atomic E-state index is 0.00975. The maximum atomic E-state index is 13.0. The van der Waals surface area contributed by atoms with Crippen LogP contribution in [0.2, 0.25) is 10.0 Å². The lowest BCUT2D eigenvalue weighted by Crippen LogP contribution is -2.47. The van der Waals surface area contributed by atoms with Crippen molar-refractivity contribution in [3.05, 3.63) is 52.0 Å². The van der Waals surface area contributed by atoms with E-state index in [-0.39, 0.29) is 21.6 Å². The van der Waals surface area contributed by atoms with Crippen LogP contribution in [-0.4, -0.2) is 82.7 Å². The van der Waals surface area contributed by atoms with Crippen LogP contribution in [-0.2, 0) is 14.8 Å². The van der Waals surface area contributed by atoms with Gasteiger partial charge in [0.2, 0.25) is 21.1 Å². The molecule has 37 heavy (non-hydrogen) atoms. The number of amides is 1. The van der Waals surface area contributed by atoms with E-state index >= 15 is 0 Å². The van der Waals surface area contributed by atoms with Crippen molar-refractivity contribution < 1.29 is 13.2 Å². The number of anilines is 1. The van der Waals surface area contributed by atoms with Crippen LogP contribution in [0.5, 0.6) is 0 Å². The van der Waals surface area contributed by atoms with E-state index < -0.39 is 10.0 Å². The second-order valence-electron chi connectivity index (χ2n) is 9.04. The Morgan fingerprint density at radius 1 is 1.08 bits per heavy atom. The molecule has 2 aliphatic rings. The van der Waals surface area contributed by atoms with Crippen molar-refractivity contribution >= 4 is 56.6 Å². The largest absolute Gasteiger partial charge is 0.324 e.